The second kappa shape index (κ2) is 25.5. The topological polar surface area (TPSA) is 9.23 Å². The van der Waals surface area contributed by atoms with E-state index in [1.165, 1.54) is 89.0 Å². The summed E-state index contributed by atoms with van der Waals surface area (Å²) in [5.41, 5.74) is 21.5. The van der Waals surface area contributed by atoms with E-state index in [4.69, 9.17) is 4.74 Å². The molecule has 1 nitrogen and oxygen atoms in total. The van der Waals surface area contributed by atoms with E-state index in [0.717, 1.165) is 24.3 Å². The van der Waals surface area contributed by atoms with Crippen LogP contribution in [0.15, 0.2) is 182 Å². The summed E-state index contributed by atoms with van der Waals surface area (Å²) in [6, 6.07) is 64.1. The second-order valence-corrected chi connectivity index (χ2v) is 17.3. The maximum absolute atomic E-state index is 5.69. The third-order valence-corrected chi connectivity index (χ3v) is 10.6. The number of aryl methyl sites for hydroxylation is 12. The highest BCUT2D eigenvalue weighted by Gasteiger charge is 1.99. The monoisotopic (exact) mass is 831 g/mol. The van der Waals surface area contributed by atoms with Gasteiger partial charge in [0.25, 0.3) is 0 Å². The van der Waals surface area contributed by atoms with E-state index in [1.807, 2.05) is 48.5 Å². The average molecular weight is 831 g/mol. The highest BCUT2D eigenvalue weighted by Crippen LogP contribution is 2.22. The summed E-state index contributed by atoms with van der Waals surface area (Å²) in [6.07, 6.45) is 2.06. The van der Waals surface area contributed by atoms with Crippen molar-refractivity contribution in [2.24, 2.45) is 0 Å². The Morgan fingerprint density at radius 1 is 0.238 bits per heavy atom. The lowest BCUT2D eigenvalue weighted by Crippen LogP contribution is -1.88. The highest BCUT2D eigenvalue weighted by atomic mass is 16.5. The van der Waals surface area contributed by atoms with Crippen LogP contribution in [0.5, 0.6) is 11.5 Å². The van der Waals surface area contributed by atoms with Crippen molar-refractivity contribution in [1.29, 1.82) is 0 Å². The first kappa shape index (κ1) is 49.2. The fourth-order valence-electron chi connectivity index (χ4n) is 6.85. The predicted octanol–water partition coefficient (Wildman–Crippen LogP) is 17.1. The third-order valence-electron chi connectivity index (χ3n) is 10.6. The van der Waals surface area contributed by atoms with Crippen molar-refractivity contribution in [2.75, 3.05) is 0 Å². The van der Waals surface area contributed by atoms with Gasteiger partial charge in [0.15, 0.2) is 0 Å². The molecule has 0 aliphatic rings. The Labute approximate surface area is 381 Å². The third kappa shape index (κ3) is 19.4. The fraction of sp³-hybridized carbons (Fsp3) is 0.226. The molecule has 0 unspecified atom stereocenters. The molecule has 0 bridgehead atoms. The van der Waals surface area contributed by atoms with Crippen LogP contribution in [0.25, 0.3) is 0 Å². The molecule has 0 spiro atoms. The number of hydrogen-bond acceptors (Lipinski definition) is 1. The van der Waals surface area contributed by atoms with Crippen LogP contribution in [-0.2, 0) is 12.8 Å². The fourth-order valence-corrected chi connectivity index (χ4v) is 6.85. The molecule has 0 saturated carbocycles. The van der Waals surface area contributed by atoms with Crippen molar-refractivity contribution in [3.8, 4) is 11.5 Å². The van der Waals surface area contributed by atoms with E-state index >= 15 is 0 Å². The molecule has 8 rings (SSSR count). The summed E-state index contributed by atoms with van der Waals surface area (Å²) >= 11 is 0. The second-order valence-electron chi connectivity index (χ2n) is 17.3. The molecule has 1 heteroatoms. The SMILES string of the molecule is Cc1cc(C)cc(C)c1.Cc1ccc(C)c(C)c1.Cc1ccc(Cc2ccc(C)cc2)cc1.Cc1ccc(Cc2cccc(C)c2)cc1.Cc1ccc(Oc2ccc(C)cc2)cc1. The van der Waals surface area contributed by atoms with Crippen molar-refractivity contribution < 1.29 is 4.74 Å². The van der Waals surface area contributed by atoms with Crippen molar-refractivity contribution in [3.05, 3.63) is 271 Å². The predicted molar refractivity (Wildman–Crippen MR) is 274 cm³/mol. The Bertz CT molecular complexity index is 2310. The van der Waals surface area contributed by atoms with Crippen LogP contribution in [0, 0.1) is 83.1 Å². The molecule has 63 heavy (non-hydrogen) atoms. The standard InChI is InChI=1S/2C15H16.C14H14O.2C9H12/c1-12-3-7-14(8-4-12)11-15-9-5-13(2)6-10-15;1-12-6-8-14(9-7-12)11-15-5-3-4-13(2)10-15;1-11-3-7-13(8-4-11)15-14-9-5-12(2)6-10-14;1-7-4-8(2)6-9(3)5-7;1-7-4-5-8(2)9(3)6-7/h2*3-10H,11H2,1-2H3;3-10H,1-2H3;2*4-6H,1-3H3. The normalized spacial score (nSPS) is 10.0. The Morgan fingerprint density at radius 2 is 0.556 bits per heavy atom. The van der Waals surface area contributed by atoms with Crippen molar-refractivity contribution in [2.45, 2.75) is 95.9 Å². The smallest absolute Gasteiger partial charge is 0.127 e. The van der Waals surface area contributed by atoms with Crippen molar-refractivity contribution in [3.63, 3.8) is 0 Å². The van der Waals surface area contributed by atoms with E-state index in [2.05, 4.69) is 217 Å². The number of hydrogen-bond donors (Lipinski definition) is 0. The molecule has 0 saturated heterocycles. The largest absolute Gasteiger partial charge is 0.457 e. The molecule has 0 N–H and O–H groups in total. The van der Waals surface area contributed by atoms with Crippen LogP contribution in [0.1, 0.15) is 89.0 Å². The van der Waals surface area contributed by atoms with Gasteiger partial charge in [-0.15, -0.1) is 0 Å². The lowest BCUT2D eigenvalue weighted by Gasteiger charge is -2.05. The minimum Gasteiger partial charge on any atom is -0.457 e. The van der Waals surface area contributed by atoms with Crippen molar-refractivity contribution in [1.82, 2.24) is 0 Å². The molecule has 0 amide bonds. The van der Waals surface area contributed by atoms with E-state index in [1.54, 1.807) is 0 Å². The van der Waals surface area contributed by atoms with Gasteiger partial charge in [-0.1, -0.05) is 213 Å². The molecule has 8 aromatic carbocycles. The van der Waals surface area contributed by atoms with Gasteiger partial charge >= 0.3 is 0 Å². The summed E-state index contributed by atoms with van der Waals surface area (Å²) in [5, 5.41) is 0. The Hall–Kier alpha value is -6.44. The maximum Gasteiger partial charge on any atom is 0.127 e. The number of benzene rings is 8. The van der Waals surface area contributed by atoms with Gasteiger partial charge in [0.05, 0.1) is 0 Å². The number of rotatable bonds is 6. The average Bonchev–Trinajstić information content (AvgIpc) is 3.24. The Kier molecular flexibility index (Phi) is 19.9. The first-order chi connectivity index (χ1) is 30.1. The van der Waals surface area contributed by atoms with E-state index in [-0.39, 0.29) is 0 Å². The molecular weight excluding hydrogens is 761 g/mol. The molecular formula is C62H70O. The zero-order chi connectivity index (χ0) is 45.7. The quantitative estimate of drug-likeness (QED) is 0.162. The van der Waals surface area contributed by atoms with Gasteiger partial charge in [0, 0.05) is 0 Å². The van der Waals surface area contributed by atoms with Crippen LogP contribution < -0.4 is 4.74 Å². The molecule has 0 heterocycles. The molecule has 0 aliphatic carbocycles. The Morgan fingerprint density at radius 3 is 0.889 bits per heavy atom. The summed E-state index contributed by atoms with van der Waals surface area (Å²) in [7, 11) is 0. The molecule has 0 radical (unpaired) electrons. The van der Waals surface area contributed by atoms with Gasteiger partial charge in [-0.05, 0) is 154 Å². The van der Waals surface area contributed by atoms with Gasteiger partial charge in [-0.3, -0.25) is 0 Å². The van der Waals surface area contributed by atoms with Gasteiger partial charge < -0.3 is 4.74 Å². The minimum absolute atomic E-state index is 0.879. The maximum atomic E-state index is 5.69. The lowest BCUT2D eigenvalue weighted by atomic mass is 10.0. The van der Waals surface area contributed by atoms with Crippen LogP contribution in [0.4, 0.5) is 0 Å². The molecule has 0 aromatic heterocycles. The number of ether oxygens (including phenoxy) is 1. The van der Waals surface area contributed by atoms with Crippen LogP contribution in [-0.4, -0.2) is 0 Å². The van der Waals surface area contributed by atoms with E-state index in [0.29, 0.717) is 0 Å². The zero-order valence-corrected chi connectivity index (χ0v) is 40.1. The van der Waals surface area contributed by atoms with Crippen molar-refractivity contribution >= 4 is 0 Å². The Balaban J connectivity index is 0.000000176. The van der Waals surface area contributed by atoms with Crippen LogP contribution in [0.3, 0.4) is 0 Å². The molecule has 324 valence electrons. The van der Waals surface area contributed by atoms with E-state index in [9.17, 15) is 0 Å². The highest BCUT2D eigenvalue weighted by molar-refractivity contribution is 5.35. The summed E-state index contributed by atoms with van der Waals surface area (Å²) < 4.78 is 5.69. The lowest BCUT2D eigenvalue weighted by molar-refractivity contribution is 0.482. The van der Waals surface area contributed by atoms with Gasteiger partial charge in [0.2, 0.25) is 0 Å². The molecule has 0 aliphatic heterocycles. The molecule has 0 atom stereocenters. The summed E-state index contributed by atoms with van der Waals surface area (Å²) in [5.74, 6) is 1.76. The summed E-state index contributed by atoms with van der Waals surface area (Å²) in [6.45, 7) is 25.4. The first-order valence-electron chi connectivity index (χ1n) is 22.2. The van der Waals surface area contributed by atoms with Gasteiger partial charge in [-0.25, -0.2) is 0 Å². The van der Waals surface area contributed by atoms with Crippen LogP contribution in [0.2, 0.25) is 0 Å². The zero-order valence-electron chi connectivity index (χ0n) is 40.1. The molecule has 0 fully saturated rings. The first-order valence-corrected chi connectivity index (χ1v) is 22.2. The van der Waals surface area contributed by atoms with Crippen LogP contribution >= 0.6 is 0 Å². The van der Waals surface area contributed by atoms with E-state index < -0.39 is 0 Å². The van der Waals surface area contributed by atoms with Gasteiger partial charge in [0.1, 0.15) is 11.5 Å². The van der Waals surface area contributed by atoms with Gasteiger partial charge in [-0.2, -0.15) is 0 Å². The molecule has 8 aromatic rings. The summed E-state index contributed by atoms with van der Waals surface area (Å²) in [4.78, 5) is 0. The minimum atomic E-state index is 0.879.